The number of morpholine rings is 1. The van der Waals surface area contributed by atoms with Gasteiger partial charge >= 0.3 is 0 Å². The molecule has 0 radical (unpaired) electrons. The lowest BCUT2D eigenvalue weighted by Crippen LogP contribution is -2.46. The maximum Gasteiger partial charge on any atom is 0.193 e. The molecule has 0 aliphatic carbocycles. The number of hydrogen-bond acceptors (Lipinski definition) is 4. The molecule has 1 aliphatic rings. The van der Waals surface area contributed by atoms with E-state index in [4.69, 9.17) is 4.74 Å². The Hall–Kier alpha value is -1.89. The molecule has 1 aliphatic heterocycles. The summed E-state index contributed by atoms with van der Waals surface area (Å²) >= 11 is 1.82. The Bertz CT molecular complexity index is 708. The molecule has 146 valence electrons. The van der Waals surface area contributed by atoms with Crippen molar-refractivity contribution in [3.05, 3.63) is 57.8 Å². The van der Waals surface area contributed by atoms with Gasteiger partial charge in [0, 0.05) is 45.2 Å². The number of ether oxygens (including phenoxy) is 1. The van der Waals surface area contributed by atoms with Crippen LogP contribution in [0.5, 0.6) is 0 Å². The minimum atomic E-state index is 0.346. The first-order valence-electron chi connectivity index (χ1n) is 9.50. The van der Waals surface area contributed by atoms with Crippen LogP contribution >= 0.6 is 11.3 Å². The maximum absolute atomic E-state index is 5.54. The summed E-state index contributed by atoms with van der Waals surface area (Å²) in [6, 6.07) is 13.4. The minimum Gasteiger partial charge on any atom is -0.379 e. The average molecular weight is 387 g/mol. The third-order valence-electron chi connectivity index (χ3n) is 4.93. The molecule has 1 unspecified atom stereocenters. The van der Waals surface area contributed by atoms with Gasteiger partial charge in [-0.3, -0.25) is 9.89 Å². The van der Waals surface area contributed by atoms with Gasteiger partial charge < -0.3 is 15.0 Å². The van der Waals surface area contributed by atoms with E-state index in [1.165, 1.54) is 16.0 Å². The number of aliphatic imine (C=N–C) groups is 1. The van der Waals surface area contributed by atoms with E-state index in [-0.39, 0.29) is 0 Å². The second-order valence-electron chi connectivity index (χ2n) is 6.95. The zero-order valence-corrected chi connectivity index (χ0v) is 17.3. The van der Waals surface area contributed by atoms with E-state index in [2.05, 4.69) is 75.9 Å². The van der Waals surface area contributed by atoms with Crippen LogP contribution in [0.3, 0.4) is 0 Å². The van der Waals surface area contributed by atoms with Crippen LogP contribution in [0.4, 0.5) is 0 Å². The molecule has 1 fully saturated rings. The van der Waals surface area contributed by atoms with E-state index in [0.717, 1.165) is 45.4 Å². The maximum atomic E-state index is 5.54. The molecular weight excluding hydrogens is 356 g/mol. The Morgan fingerprint density at radius 3 is 2.63 bits per heavy atom. The molecule has 2 heterocycles. The predicted octanol–water partition coefficient (Wildman–Crippen LogP) is 3.14. The summed E-state index contributed by atoms with van der Waals surface area (Å²) in [5.74, 6) is 0.922. The molecule has 1 aromatic carbocycles. The van der Waals surface area contributed by atoms with Gasteiger partial charge in [0.15, 0.2) is 5.96 Å². The lowest BCUT2D eigenvalue weighted by molar-refractivity contribution is 0.0176. The van der Waals surface area contributed by atoms with E-state index in [9.17, 15) is 0 Å². The zero-order chi connectivity index (χ0) is 19.1. The molecule has 27 heavy (non-hydrogen) atoms. The van der Waals surface area contributed by atoms with Crippen LogP contribution in [0, 0.1) is 6.92 Å². The molecule has 1 saturated heterocycles. The number of guanidine groups is 1. The van der Waals surface area contributed by atoms with Crippen molar-refractivity contribution < 1.29 is 4.74 Å². The first-order chi connectivity index (χ1) is 13.2. The number of aryl methyl sites for hydroxylation is 1. The third-order valence-corrected chi connectivity index (χ3v) is 5.90. The smallest absolute Gasteiger partial charge is 0.193 e. The number of benzene rings is 1. The van der Waals surface area contributed by atoms with Crippen LogP contribution in [0.2, 0.25) is 0 Å². The fraction of sp³-hybridized carbons (Fsp3) is 0.476. The van der Waals surface area contributed by atoms with Gasteiger partial charge in [-0.05, 0) is 23.9 Å². The Labute approximate surface area is 166 Å². The van der Waals surface area contributed by atoms with Gasteiger partial charge in [0.25, 0.3) is 0 Å². The molecule has 3 rings (SSSR count). The zero-order valence-electron chi connectivity index (χ0n) is 16.5. The second kappa shape index (κ2) is 9.88. The van der Waals surface area contributed by atoms with Gasteiger partial charge in [-0.1, -0.05) is 35.9 Å². The molecule has 0 bridgehead atoms. The van der Waals surface area contributed by atoms with Gasteiger partial charge in [-0.2, -0.15) is 0 Å². The van der Waals surface area contributed by atoms with Crippen molar-refractivity contribution in [2.75, 3.05) is 46.9 Å². The SMILES string of the molecule is CN=C(NCC(c1cccs1)N1CCOCC1)N(C)Cc1ccc(C)cc1. The number of hydrogen-bond donors (Lipinski definition) is 1. The van der Waals surface area contributed by atoms with Gasteiger partial charge in [-0.15, -0.1) is 11.3 Å². The van der Waals surface area contributed by atoms with Crippen LogP contribution in [0.25, 0.3) is 0 Å². The second-order valence-corrected chi connectivity index (χ2v) is 7.93. The Balaban J connectivity index is 1.62. The van der Waals surface area contributed by atoms with Crippen molar-refractivity contribution in [2.24, 2.45) is 4.99 Å². The van der Waals surface area contributed by atoms with Crippen molar-refractivity contribution in [2.45, 2.75) is 19.5 Å². The highest BCUT2D eigenvalue weighted by Crippen LogP contribution is 2.25. The lowest BCUT2D eigenvalue weighted by Gasteiger charge is -2.35. The van der Waals surface area contributed by atoms with Gasteiger partial charge in [-0.25, -0.2) is 0 Å². The van der Waals surface area contributed by atoms with Crippen molar-refractivity contribution in [3.63, 3.8) is 0 Å². The molecule has 1 aromatic heterocycles. The molecule has 1 atom stereocenters. The molecule has 0 saturated carbocycles. The van der Waals surface area contributed by atoms with E-state index in [1.807, 2.05) is 18.4 Å². The van der Waals surface area contributed by atoms with Gasteiger partial charge in [0.05, 0.1) is 19.3 Å². The highest BCUT2D eigenvalue weighted by Gasteiger charge is 2.24. The number of nitrogens with one attached hydrogen (secondary N) is 1. The molecule has 6 heteroatoms. The number of rotatable bonds is 6. The normalized spacial score (nSPS) is 16.9. The summed E-state index contributed by atoms with van der Waals surface area (Å²) in [4.78, 5) is 10.6. The van der Waals surface area contributed by atoms with Crippen LogP contribution in [0.1, 0.15) is 22.0 Å². The summed E-state index contributed by atoms with van der Waals surface area (Å²) in [5.41, 5.74) is 2.57. The van der Waals surface area contributed by atoms with Crippen LogP contribution in [-0.4, -0.2) is 62.7 Å². The quantitative estimate of drug-likeness (QED) is 0.612. The molecule has 0 spiro atoms. The van der Waals surface area contributed by atoms with Crippen LogP contribution < -0.4 is 5.32 Å². The Kier molecular flexibility index (Phi) is 7.26. The molecule has 2 aromatic rings. The minimum absolute atomic E-state index is 0.346. The fourth-order valence-corrected chi connectivity index (χ4v) is 4.26. The molecule has 1 N–H and O–H groups in total. The highest BCUT2D eigenvalue weighted by molar-refractivity contribution is 7.10. The molecule has 5 nitrogen and oxygen atoms in total. The Morgan fingerprint density at radius 2 is 2.00 bits per heavy atom. The summed E-state index contributed by atoms with van der Waals surface area (Å²) < 4.78 is 5.54. The summed E-state index contributed by atoms with van der Waals surface area (Å²) in [6.07, 6.45) is 0. The molecular formula is C21H30N4OS. The van der Waals surface area contributed by atoms with Crippen molar-refractivity contribution in [3.8, 4) is 0 Å². The summed E-state index contributed by atoms with van der Waals surface area (Å²) in [6.45, 7) is 7.36. The van der Waals surface area contributed by atoms with E-state index in [1.54, 1.807) is 0 Å². The van der Waals surface area contributed by atoms with E-state index >= 15 is 0 Å². The Morgan fingerprint density at radius 1 is 1.26 bits per heavy atom. The number of nitrogens with zero attached hydrogens (tertiary/aromatic N) is 3. The number of thiophene rings is 1. The molecule has 0 amide bonds. The van der Waals surface area contributed by atoms with E-state index < -0.39 is 0 Å². The van der Waals surface area contributed by atoms with Crippen LogP contribution in [0.15, 0.2) is 46.8 Å². The fourth-order valence-electron chi connectivity index (χ4n) is 3.39. The van der Waals surface area contributed by atoms with Crippen molar-refractivity contribution in [1.29, 1.82) is 0 Å². The van der Waals surface area contributed by atoms with Crippen molar-refractivity contribution >= 4 is 17.3 Å². The monoisotopic (exact) mass is 386 g/mol. The average Bonchev–Trinajstić information content (AvgIpc) is 3.22. The summed E-state index contributed by atoms with van der Waals surface area (Å²) in [7, 11) is 3.94. The first kappa shape index (κ1) is 19.9. The topological polar surface area (TPSA) is 40.1 Å². The van der Waals surface area contributed by atoms with Crippen molar-refractivity contribution in [1.82, 2.24) is 15.1 Å². The first-order valence-corrected chi connectivity index (χ1v) is 10.4. The predicted molar refractivity (Wildman–Crippen MR) is 113 cm³/mol. The highest BCUT2D eigenvalue weighted by atomic mass is 32.1. The van der Waals surface area contributed by atoms with Gasteiger partial charge in [0.1, 0.15) is 0 Å². The van der Waals surface area contributed by atoms with Gasteiger partial charge in [0.2, 0.25) is 0 Å². The lowest BCUT2D eigenvalue weighted by atomic mass is 10.1. The van der Waals surface area contributed by atoms with Crippen LogP contribution in [-0.2, 0) is 11.3 Å². The van der Waals surface area contributed by atoms with E-state index in [0.29, 0.717) is 6.04 Å². The summed E-state index contributed by atoms with van der Waals surface area (Å²) in [5, 5.41) is 5.74. The largest absolute Gasteiger partial charge is 0.379 e. The standard InChI is InChI=1S/C21H30N4OS/c1-17-6-8-18(9-7-17)16-24(3)21(22-2)23-15-19(20-5-4-14-27-20)25-10-12-26-13-11-25/h4-9,14,19H,10-13,15-16H2,1-3H3,(H,22,23). The third kappa shape index (κ3) is 5.54.